The van der Waals surface area contributed by atoms with Crippen LogP contribution in [0.25, 0.3) is 11.3 Å². The van der Waals surface area contributed by atoms with E-state index in [1.807, 2.05) is 77.7 Å². The van der Waals surface area contributed by atoms with E-state index in [1.54, 1.807) is 13.3 Å². The van der Waals surface area contributed by atoms with Crippen LogP contribution in [-0.4, -0.2) is 30.4 Å². The Hall–Kier alpha value is -2.91. The van der Waals surface area contributed by atoms with Crippen molar-refractivity contribution in [3.05, 3.63) is 99.9 Å². The van der Waals surface area contributed by atoms with Crippen molar-refractivity contribution in [1.82, 2.24) is 10.3 Å². The summed E-state index contributed by atoms with van der Waals surface area (Å²) in [5.74, 6) is 2.12. The molecule has 5 rings (SSSR count). The van der Waals surface area contributed by atoms with Gasteiger partial charge < -0.3 is 24.1 Å². The zero-order valence-electron chi connectivity index (χ0n) is 19.4. The zero-order valence-corrected chi connectivity index (χ0v) is 22.5. The topological polar surface area (TPSA) is 59.8 Å². The molecule has 184 valence electrons. The Morgan fingerprint density at radius 2 is 1.92 bits per heavy atom. The van der Waals surface area contributed by atoms with E-state index < -0.39 is 0 Å². The monoisotopic (exact) mass is 583 g/mol. The molecule has 4 aromatic rings. The first-order valence-electron chi connectivity index (χ1n) is 11.3. The van der Waals surface area contributed by atoms with Crippen molar-refractivity contribution in [2.45, 2.75) is 12.1 Å². The third-order valence-electron chi connectivity index (χ3n) is 5.88. The molecule has 0 radical (unpaired) electrons. The summed E-state index contributed by atoms with van der Waals surface area (Å²) in [4.78, 5) is 6.61. The van der Waals surface area contributed by atoms with Crippen LogP contribution in [0.1, 0.15) is 23.5 Å². The number of hydrogen-bond donors (Lipinski definition) is 1. The zero-order chi connectivity index (χ0) is 25.1. The summed E-state index contributed by atoms with van der Waals surface area (Å²) < 4.78 is 18.2. The molecular weight excluding hydrogens is 562 g/mol. The number of methoxy groups -OCH3 is 1. The highest BCUT2D eigenvalue weighted by atomic mass is 79.9. The first-order valence-corrected chi connectivity index (χ1v) is 12.9. The minimum atomic E-state index is -0.284. The van der Waals surface area contributed by atoms with Gasteiger partial charge in [0.1, 0.15) is 29.9 Å². The molecule has 1 aliphatic heterocycles. The van der Waals surface area contributed by atoms with Gasteiger partial charge in [-0.25, -0.2) is 0 Å². The quantitative estimate of drug-likeness (QED) is 0.177. The third-order valence-corrected chi connectivity index (χ3v) is 7.02. The second-order valence-electron chi connectivity index (χ2n) is 8.16. The fourth-order valence-electron chi connectivity index (χ4n) is 4.19. The van der Waals surface area contributed by atoms with E-state index >= 15 is 0 Å². The Morgan fingerprint density at radius 1 is 1.08 bits per heavy atom. The second-order valence-corrected chi connectivity index (χ2v) is 9.87. The van der Waals surface area contributed by atoms with Gasteiger partial charge in [-0.2, -0.15) is 0 Å². The summed E-state index contributed by atoms with van der Waals surface area (Å²) in [6, 6.07) is 22.9. The van der Waals surface area contributed by atoms with E-state index in [-0.39, 0.29) is 12.1 Å². The number of nitrogens with one attached hydrogen (secondary N) is 1. The molecule has 2 aromatic carbocycles. The third kappa shape index (κ3) is 5.13. The largest absolute Gasteiger partial charge is 0.490 e. The second kappa shape index (κ2) is 11.0. The molecule has 6 nitrogen and oxygen atoms in total. The van der Waals surface area contributed by atoms with Crippen LogP contribution in [0.5, 0.6) is 5.75 Å². The molecule has 0 unspecified atom stereocenters. The van der Waals surface area contributed by atoms with Crippen molar-refractivity contribution in [2.24, 2.45) is 0 Å². The number of aromatic nitrogens is 1. The Morgan fingerprint density at radius 3 is 2.64 bits per heavy atom. The molecule has 1 aliphatic rings. The maximum atomic E-state index is 6.58. The molecule has 1 fully saturated rings. The van der Waals surface area contributed by atoms with E-state index in [0.717, 1.165) is 32.9 Å². The van der Waals surface area contributed by atoms with Crippen molar-refractivity contribution in [3.8, 4) is 17.1 Å². The Kier molecular flexibility index (Phi) is 7.57. The molecule has 2 atom stereocenters. The molecule has 1 N–H and O–H groups in total. The summed E-state index contributed by atoms with van der Waals surface area (Å²) in [6.07, 6.45) is 1.78. The number of benzene rings is 2. The molecular formula is C27H23BrClN3O3S. The van der Waals surface area contributed by atoms with Gasteiger partial charge in [-0.3, -0.25) is 4.98 Å². The lowest BCUT2D eigenvalue weighted by Crippen LogP contribution is -2.29. The van der Waals surface area contributed by atoms with Crippen molar-refractivity contribution in [2.75, 3.05) is 25.2 Å². The summed E-state index contributed by atoms with van der Waals surface area (Å²) >= 11 is 15.9. The number of ether oxygens (including phenoxy) is 2. The first kappa shape index (κ1) is 24.8. The van der Waals surface area contributed by atoms with Crippen LogP contribution >= 0.6 is 39.7 Å². The molecule has 2 aromatic heterocycles. The number of thiocarbonyl (C=S) groups is 1. The van der Waals surface area contributed by atoms with Gasteiger partial charge in [-0.1, -0.05) is 45.7 Å². The van der Waals surface area contributed by atoms with E-state index in [4.69, 9.17) is 37.7 Å². The lowest BCUT2D eigenvalue weighted by molar-refractivity contribution is 0.146. The van der Waals surface area contributed by atoms with Gasteiger partial charge in [0.25, 0.3) is 0 Å². The molecule has 0 saturated carbocycles. The van der Waals surface area contributed by atoms with Gasteiger partial charge in [0, 0.05) is 29.0 Å². The standard InChI is InChI=1S/C27H23BrClN3O3S/c1-33-14-15-34-23-10-9-19(16-20(23)29)32-26(25(31-27(32)36)21-4-2-3-13-30-21)24-12-11-22(35-24)17-5-7-18(28)8-6-17/h2-13,16,25-26H,14-15H2,1H3,(H,31,36)/t25-,26+/m1/s1. The molecule has 9 heteroatoms. The van der Waals surface area contributed by atoms with Gasteiger partial charge >= 0.3 is 0 Å². The van der Waals surface area contributed by atoms with E-state index in [0.29, 0.717) is 29.1 Å². The number of nitrogens with zero attached hydrogens (tertiary/aromatic N) is 2. The van der Waals surface area contributed by atoms with Crippen molar-refractivity contribution in [3.63, 3.8) is 0 Å². The van der Waals surface area contributed by atoms with Gasteiger partial charge in [0.2, 0.25) is 0 Å². The summed E-state index contributed by atoms with van der Waals surface area (Å²) in [5.41, 5.74) is 2.67. The number of furan rings is 1. The molecule has 0 aliphatic carbocycles. The van der Waals surface area contributed by atoms with Gasteiger partial charge in [0.15, 0.2) is 5.11 Å². The molecule has 36 heavy (non-hydrogen) atoms. The summed E-state index contributed by atoms with van der Waals surface area (Å²) in [7, 11) is 1.63. The highest BCUT2D eigenvalue weighted by Gasteiger charge is 2.42. The fraction of sp³-hybridized carbons (Fsp3) is 0.185. The van der Waals surface area contributed by atoms with Gasteiger partial charge in [0.05, 0.1) is 23.4 Å². The summed E-state index contributed by atoms with van der Waals surface area (Å²) in [6.45, 7) is 0.889. The van der Waals surface area contributed by atoms with Crippen LogP contribution in [0.15, 0.2) is 87.9 Å². The smallest absolute Gasteiger partial charge is 0.174 e. The van der Waals surface area contributed by atoms with Gasteiger partial charge in [-0.05, 0) is 66.8 Å². The number of anilines is 1. The molecule has 1 saturated heterocycles. The fourth-order valence-corrected chi connectivity index (χ4v) is 5.03. The van der Waals surface area contributed by atoms with E-state index in [1.165, 1.54) is 0 Å². The minimum absolute atomic E-state index is 0.223. The summed E-state index contributed by atoms with van der Waals surface area (Å²) in [5, 5.41) is 4.48. The van der Waals surface area contributed by atoms with Crippen LogP contribution < -0.4 is 15.0 Å². The predicted octanol–water partition coefficient (Wildman–Crippen LogP) is 6.96. The molecule has 0 spiro atoms. The van der Waals surface area contributed by atoms with E-state index in [9.17, 15) is 0 Å². The molecule has 0 bridgehead atoms. The van der Waals surface area contributed by atoms with Crippen LogP contribution in [0.2, 0.25) is 5.02 Å². The van der Waals surface area contributed by atoms with Crippen LogP contribution in [-0.2, 0) is 4.74 Å². The number of halogens is 2. The molecule has 3 heterocycles. The maximum absolute atomic E-state index is 6.58. The number of rotatable bonds is 8. The first-order chi connectivity index (χ1) is 17.5. The predicted molar refractivity (Wildman–Crippen MR) is 149 cm³/mol. The lowest BCUT2D eigenvalue weighted by Gasteiger charge is -2.26. The SMILES string of the molecule is COCCOc1ccc(N2C(=S)N[C@H](c3ccccn3)[C@@H]2c2ccc(-c3ccc(Br)cc3)o2)cc1Cl. The number of hydrogen-bond acceptors (Lipinski definition) is 5. The average Bonchev–Trinajstić information content (AvgIpc) is 3.51. The number of pyridine rings is 1. The molecule has 0 amide bonds. The maximum Gasteiger partial charge on any atom is 0.174 e. The lowest BCUT2D eigenvalue weighted by atomic mass is 10.0. The van der Waals surface area contributed by atoms with Crippen LogP contribution in [0.3, 0.4) is 0 Å². The normalized spacial score (nSPS) is 17.3. The van der Waals surface area contributed by atoms with Crippen molar-refractivity contribution >= 4 is 50.5 Å². The Balaban J connectivity index is 1.52. The van der Waals surface area contributed by atoms with Crippen LogP contribution in [0.4, 0.5) is 5.69 Å². The average molecular weight is 585 g/mol. The highest BCUT2D eigenvalue weighted by Crippen LogP contribution is 2.44. The van der Waals surface area contributed by atoms with Crippen molar-refractivity contribution < 1.29 is 13.9 Å². The van der Waals surface area contributed by atoms with Crippen LogP contribution in [0, 0.1) is 0 Å². The Bertz CT molecular complexity index is 1350. The highest BCUT2D eigenvalue weighted by molar-refractivity contribution is 9.10. The van der Waals surface area contributed by atoms with Crippen molar-refractivity contribution in [1.29, 1.82) is 0 Å². The van der Waals surface area contributed by atoms with Gasteiger partial charge in [-0.15, -0.1) is 0 Å². The minimum Gasteiger partial charge on any atom is -0.490 e. The Labute approximate surface area is 228 Å². The van der Waals surface area contributed by atoms with E-state index in [2.05, 4.69) is 26.2 Å².